The van der Waals surface area contributed by atoms with Gasteiger partial charge in [0.2, 0.25) is 10.0 Å². The lowest BCUT2D eigenvalue weighted by Crippen LogP contribution is -2.13. The Kier molecular flexibility index (Phi) is 3.74. The van der Waals surface area contributed by atoms with E-state index in [4.69, 9.17) is 10.9 Å². The fourth-order valence-corrected chi connectivity index (χ4v) is 2.88. The molecule has 1 aromatic heterocycles. The summed E-state index contributed by atoms with van der Waals surface area (Å²) < 4.78 is 22.6. The molecule has 2 rings (SSSR count). The van der Waals surface area contributed by atoms with Crippen LogP contribution in [0, 0.1) is 6.92 Å². The molecule has 0 fully saturated rings. The number of nitrogens with zero attached hydrogens (tertiary/aromatic N) is 1. The Labute approximate surface area is 115 Å². The largest absolute Gasteiger partial charge is 0.399 e. The molecule has 102 valence electrons. The average Bonchev–Trinajstić information content (AvgIpc) is 2.70. The minimum Gasteiger partial charge on any atom is -0.399 e. The monoisotopic (exact) mass is 298 g/mol. The number of anilines is 2. The summed E-state index contributed by atoms with van der Waals surface area (Å²) in [7, 11) is -3.76. The second-order valence-corrected chi connectivity index (χ2v) is 6.55. The molecule has 0 saturated carbocycles. The highest BCUT2D eigenvalue weighted by Gasteiger charge is 2.10. The Morgan fingerprint density at radius 3 is 2.68 bits per heavy atom. The first kappa shape index (κ1) is 13.8. The fourth-order valence-electron chi connectivity index (χ4n) is 1.57. The van der Waals surface area contributed by atoms with E-state index in [1.165, 1.54) is 23.5 Å². The maximum Gasteiger partial charge on any atom is 0.238 e. The minimum absolute atomic E-state index is 0.00368. The number of nitrogen functional groups attached to an aromatic ring is 1. The van der Waals surface area contributed by atoms with Crippen molar-refractivity contribution in [2.45, 2.75) is 18.4 Å². The molecule has 8 heteroatoms. The Morgan fingerprint density at radius 1 is 1.37 bits per heavy atom. The van der Waals surface area contributed by atoms with Crippen LogP contribution < -0.4 is 16.2 Å². The molecule has 0 unspecified atom stereocenters. The Bertz CT molecular complexity index is 694. The fraction of sp³-hybridized carbons (Fsp3) is 0.182. The number of aromatic nitrogens is 1. The predicted octanol–water partition coefficient (Wildman–Crippen LogP) is 1.29. The minimum atomic E-state index is -3.76. The van der Waals surface area contributed by atoms with Crippen molar-refractivity contribution in [1.29, 1.82) is 0 Å². The summed E-state index contributed by atoms with van der Waals surface area (Å²) in [5.74, 6) is 0. The van der Waals surface area contributed by atoms with E-state index >= 15 is 0 Å². The van der Waals surface area contributed by atoms with Crippen LogP contribution in [0.25, 0.3) is 0 Å². The lowest BCUT2D eigenvalue weighted by Gasteiger charge is -2.08. The van der Waals surface area contributed by atoms with E-state index in [1.807, 2.05) is 6.92 Å². The van der Waals surface area contributed by atoms with Crippen molar-refractivity contribution < 1.29 is 8.42 Å². The summed E-state index contributed by atoms with van der Waals surface area (Å²) in [5, 5.41) is 8.20. The first-order chi connectivity index (χ1) is 8.86. The number of aryl methyl sites for hydroxylation is 1. The number of hydrogen-bond acceptors (Lipinski definition) is 6. The average molecular weight is 298 g/mol. The zero-order valence-corrected chi connectivity index (χ0v) is 11.9. The van der Waals surface area contributed by atoms with Gasteiger partial charge in [-0.2, -0.15) is 0 Å². The molecule has 5 N–H and O–H groups in total. The molecule has 0 aliphatic carbocycles. The number of thiazole rings is 1. The molecule has 0 radical (unpaired) electrons. The SMILES string of the molecule is Cc1ncsc1CNc1cc(N)cc(S(N)(=O)=O)c1. The van der Waals surface area contributed by atoms with Gasteiger partial charge in [-0.15, -0.1) is 11.3 Å². The van der Waals surface area contributed by atoms with E-state index in [9.17, 15) is 8.42 Å². The number of nitrogens with one attached hydrogen (secondary N) is 1. The maximum atomic E-state index is 11.3. The second kappa shape index (κ2) is 5.16. The van der Waals surface area contributed by atoms with Gasteiger partial charge in [0.25, 0.3) is 0 Å². The number of rotatable bonds is 4. The van der Waals surface area contributed by atoms with Gasteiger partial charge in [0, 0.05) is 16.3 Å². The lowest BCUT2D eigenvalue weighted by atomic mass is 10.2. The Balaban J connectivity index is 2.22. The first-order valence-electron chi connectivity index (χ1n) is 5.42. The topological polar surface area (TPSA) is 111 Å². The van der Waals surface area contributed by atoms with Crippen molar-refractivity contribution in [2.75, 3.05) is 11.1 Å². The van der Waals surface area contributed by atoms with Gasteiger partial charge in [0.1, 0.15) is 0 Å². The van der Waals surface area contributed by atoms with Crippen LogP contribution in [0.2, 0.25) is 0 Å². The van der Waals surface area contributed by atoms with Crippen LogP contribution in [0.3, 0.4) is 0 Å². The molecule has 1 aromatic carbocycles. The summed E-state index contributed by atoms with van der Waals surface area (Å²) in [5.41, 5.74) is 9.33. The Hall–Kier alpha value is -1.64. The quantitative estimate of drug-likeness (QED) is 0.737. The molecule has 0 aliphatic rings. The van der Waals surface area contributed by atoms with E-state index in [2.05, 4.69) is 10.3 Å². The van der Waals surface area contributed by atoms with Crippen LogP contribution in [-0.2, 0) is 16.6 Å². The third-order valence-corrected chi connectivity index (χ3v) is 4.38. The molecule has 6 nitrogen and oxygen atoms in total. The molecule has 0 bridgehead atoms. The molecule has 0 saturated heterocycles. The standard InChI is InChI=1S/C11H14N4O2S2/c1-7-11(18-6-15-7)5-14-9-2-8(12)3-10(4-9)19(13,16)17/h2-4,6,14H,5,12H2,1H3,(H2,13,16,17). The van der Waals surface area contributed by atoms with Crippen molar-refractivity contribution in [3.05, 3.63) is 34.3 Å². The van der Waals surface area contributed by atoms with Crippen LogP contribution >= 0.6 is 11.3 Å². The van der Waals surface area contributed by atoms with Gasteiger partial charge in [0.05, 0.1) is 22.6 Å². The molecule has 19 heavy (non-hydrogen) atoms. The van der Waals surface area contributed by atoms with E-state index in [0.717, 1.165) is 10.6 Å². The maximum absolute atomic E-state index is 11.3. The molecular weight excluding hydrogens is 284 g/mol. The zero-order valence-electron chi connectivity index (χ0n) is 10.3. The van der Waals surface area contributed by atoms with Gasteiger partial charge in [-0.05, 0) is 25.1 Å². The number of benzene rings is 1. The predicted molar refractivity (Wildman–Crippen MR) is 76.4 cm³/mol. The molecule has 0 spiro atoms. The molecular formula is C11H14N4O2S2. The van der Waals surface area contributed by atoms with Crippen LogP contribution in [-0.4, -0.2) is 13.4 Å². The molecule has 2 aromatic rings. The van der Waals surface area contributed by atoms with Crippen LogP contribution in [0.1, 0.15) is 10.6 Å². The van der Waals surface area contributed by atoms with Crippen LogP contribution in [0.4, 0.5) is 11.4 Å². The van der Waals surface area contributed by atoms with E-state index < -0.39 is 10.0 Å². The van der Waals surface area contributed by atoms with Crippen molar-refractivity contribution >= 4 is 32.7 Å². The van der Waals surface area contributed by atoms with Gasteiger partial charge in [-0.25, -0.2) is 18.5 Å². The van der Waals surface area contributed by atoms with Crippen LogP contribution in [0.15, 0.2) is 28.6 Å². The van der Waals surface area contributed by atoms with Crippen LogP contribution in [0.5, 0.6) is 0 Å². The van der Waals surface area contributed by atoms with E-state index in [0.29, 0.717) is 17.9 Å². The zero-order chi connectivity index (χ0) is 14.0. The molecule has 0 atom stereocenters. The van der Waals surface area contributed by atoms with Gasteiger partial charge >= 0.3 is 0 Å². The normalized spacial score (nSPS) is 11.5. The summed E-state index contributed by atoms with van der Waals surface area (Å²) in [6, 6.07) is 4.45. The third kappa shape index (κ3) is 3.43. The summed E-state index contributed by atoms with van der Waals surface area (Å²) in [6.07, 6.45) is 0. The number of primary sulfonamides is 1. The van der Waals surface area contributed by atoms with Gasteiger partial charge < -0.3 is 11.1 Å². The lowest BCUT2D eigenvalue weighted by molar-refractivity contribution is 0.598. The highest BCUT2D eigenvalue weighted by atomic mass is 32.2. The van der Waals surface area contributed by atoms with E-state index in [-0.39, 0.29) is 4.90 Å². The molecule has 0 aliphatic heterocycles. The first-order valence-corrected chi connectivity index (χ1v) is 7.85. The van der Waals surface area contributed by atoms with Crippen molar-refractivity contribution in [3.63, 3.8) is 0 Å². The summed E-state index contributed by atoms with van der Waals surface area (Å²) in [6.45, 7) is 2.48. The third-order valence-electron chi connectivity index (χ3n) is 2.56. The highest BCUT2D eigenvalue weighted by molar-refractivity contribution is 7.89. The number of nitrogens with two attached hydrogens (primary N) is 2. The highest BCUT2D eigenvalue weighted by Crippen LogP contribution is 2.21. The van der Waals surface area contributed by atoms with Gasteiger partial charge in [0.15, 0.2) is 0 Å². The smallest absolute Gasteiger partial charge is 0.238 e. The van der Waals surface area contributed by atoms with Gasteiger partial charge in [-0.3, -0.25) is 0 Å². The van der Waals surface area contributed by atoms with Crippen molar-refractivity contribution in [3.8, 4) is 0 Å². The molecule has 1 heterocycles. The van der Waals surface area contributed by atoms with Crippen molar-refractivity contribution in [2.24, 2.45) is 5.14 Å². The molecule has 0 amide bonds. The number of sulfonamides is 1. The van der Waals surface area contributed by atoms with E-state index in [1.54, 1.807) is 11.6 Å². The number of hydrogen-bond donors (Lipinski definition) is 3. The summed E-state index contributed by atoms with van der Waals surface area (Å²) >= 11 is 1.53. The van der Waals surface area contributed by atoms with Gasteiger partial charge in [-0.1, -0.05) is 0 Å². The second-order valence-electron chi connectivity index (χ2n) is 4.05. The summed E-state index contributed by atoms with van der Waals surface area (Å²) in [4.78, 5) is 5.22. The van der Waals surface area contributed by atoms with Crippen molar-refractivity contribution in [1.82, 2.24) is 4.98 Å². The Morgan fingerprint density at radius 2 is 2.11 bits per heavy atom.